The van der Waals surface area contributed by atoms with Crippen LogP contribution in [0.25, 0.3) is 0 Å². The number of rotatable bonds is 8. The summed E-state index contributed by atoms with van der Waals surface area (Å²) in [6, 6.07) is 4.19. The van der Waals surface area contributed by atoms with Crippen LogP contribution >= 0.6 is 11.8 Å². The number of nitrogens with one attached hydrogen (secondary N) is 1. The maximum atomic E-state index is 13.1. The normalized spacial score (nSPS) is 18.6. The number of ether oxygens (including phenoxy) is 1. The highest BCUT2D eigenvalue weighted by Gasteiger charge is 2.41. The van der Waals surface area contributed by atoms with Crippen molar-refractivity contribution in [1.82, 2.24) is 10.2 Å². The van der Waals surface area contributed by atoms with Gasteiger partial charge in [0.1, 0.15) is 11.4 Å². The number of alkyl halides is 3. The minimum atomic E-state index is -4.47. The Labute approximate surface area is 167 Å². The molecule has 0 radical (unpaired) electrons. The van der Waals surface area contributed by atoms with Crippen LogP contribution in [0.3, 0.4) is 0 Å². The summed E-state index contributed by atoms with van der Waals surface area (Å²) in [5.41, 5.74) is -0.404. The molecular formula is C19H25F3N2O3S. The lowest BCUT2D eigenvalue weighted by Gasteiger charge is -2.33. The summed E-state index contributed by atoms with van der Waals surface area (Å²) < 4.78 is 44.2. The molecule has 1 N–H and O–H groups in total. The predicted octanol–water partition coefficient (Wildman–Crippen LogP) is 3.46. The molecule has 1 aliphatic heterocycles. The van der Waals surface area contributed by atoms with Crippen LogP contribution in [0.1, 0.15) is 36.8 Å². The van der Waals surface area contributed by atoms with Crippen molar-refractivity contribution in [2.24, 2.45) is 5.92 Å². The third-order valence-electron chi connectivity index (χ3n) is 4.34. The number of nitrogens with zero attached hydrogens (tertiary/aromatic N) is 1. The second-order valence-electron chi connectivity index (χ2n) is 7.02. The van der Waals surface area contributed by atoms with Crippen LogP contribution in [-0.4, -0.2) is 48.8 Å². The number of hydrogen-bond acceptors (Lipinski definition) is 4. The zero-order chi connectivity index (χ0) is 20.9. The quantitative estimate of drug-likeness (QED) is 0.657. The maximum Gasteiger partial charge on any atom is 0.416 e. The molecule has 0 spiro atoms. The van der Waals surface area contributed by atoms with Gasteiger partial charge >= 0.3 is 6.18 Å². The fourth-order valence-corrected chi connectivity index (χ4v) is 4.30. The summed E-state index contributed by atoms with van der Waals surface area (Å²) in [4.78, 5) is 26.7. The van der Waals surface area contributed by atoms with Gasteiger partial charge in [0.05, 0.1) is 17.9 Å². The first-order chi connectivity index (χ1) is 13.1. The first kappa shape index (κ1) is 22.5. The predicted molar refractivity (Wildman–Crippen MR) is 102 cm³/mol. The van der Waals surface area contributed by atoms with Crippen molar-refractivity contribution in [2.45, 2.75) is 37.9 Å². The van der Waals surface area contributed by atoms with Gasteiger partial charge in [-0.3, -0.25) is 9.59 Å². The van der Waals surface area contributed by atoms with Crippen molar-refractivity contribution >= 4 is 23.6 Å². The van der Waals surface area contributed by atoms with E-state index in [1.807, 2.05) is 13.8 Å². The Morgan fingerprint density at radius 3 is 2.71 bits per heavy atom. The van der Waals surface area contributed by atoms with E-state index in [1.165, 1.54) is 29.8 Å². The molecule has 0 aromatic heterocycles. The molecule has 2 atom stereocenters. The van der Waals surface area contributed by atoms with Gasteiger partial charge in [-0.1, -0.05) is 26.0 Å². The molecule has 1 aliphatic rings. The second kappa shape index (κ2) is 9.65. The van der Waals surface area contributed by atoms with Crippen LogP contribution in [0.15, 0.2) is 24.3 Å². The summed E-state index contributed by atoms with van der Waals surface area (Å²) >= 11 is 1.24. The Hall–Kier alpha value is -1.74. The van der Waals surface area contributed by atoms with Crippen LogP contribution in [0.4, 0.5) is 13.2 Å². The number of methoxy groups -OCH3 is 1. The van der Waals surface area contributed by atoms with E-state index >= 15 is 0 Å². The molecule has 1 fully saturated rings. The van der Waals surface area contributed by atoms with E-state index in [-0.39, 0.29) is 23.5 Å². The van der Waals surface area contributed by atoms with Crippen molar-refractivity contribution < 1.29 is 27.5 Å². The van der Waals surface area contributed by atoms with Crippen LogP contribution in [0.2, 0.25) is 0 Å². The second-order valence-corrected chi connectivity index (χ2v) is 8.09. The van der Waals surface area contributed by atoms with Gasteiger partial charge in [-0.25, -0.2) is 0 Å². The van der Waals surface area contributed by atoms with Gasteiger partial charge in [0.25, 0.3) is 0 Å². The van der Waals surface area contributed by atoms with Crippen LogP contribution in [0.5, 0.6) is 0 Å². The molecule has 1 aromatic rings. The molecule has 1 aromatic carbocycles. The highest BCUT2D eigenvalue weighted by Crippen LogP contribution is 2.42. The third-order valence-corrected chi connectivity index (χ3v) is 5.57. The molecule has 2 amide bonds. The molecule has 9 heteroatoms. The van der Waals surface area contributed by atoms with Gasteiger partial charge in [0.15, 0.2) is 0 Å². The van der Waals surface area contributed by atoms with Crippen molar-refractivity contribution in [2.75, 3.05) is 26.0 Å². The van der Waals surface area contributed by atoms with Gasteiger partial charge in [-0.05, 0) is 30.0 Å². The van der Waals surface area contributed by atoms with Crippen molar-refractivity contribution in [3.8, 4) is 0 Å². The summed E-state index contributed by atoms with van der Waals surface area (Å²) in [6.07, 6.45) is -4.05. The largest absolute Gasteiger partial charge is 0.416 e. The van der Waals surface area contributed by atoms with Gasteiger partial charge in [0, 0.05) is 13.7 Å². The number of benzene rings is 1. The number of halogens is 3. The lowest BCUT2D eigenvalue weighted by atomic mass is 10.00. The number of carbonyl (C=O) groups is 2. The van der Waals surface area contributed by atoms with Gasteiger partial charge < -0.3 is 15.0 Å². The molecule has 1 saturated heterocycles. The Morgan fingerprint density at radius 1 is 1.39 bits per heavy atom. The number of carbonyl (C=O) groups excluding carboxylic acids is 2. The van der Waals surface area contributed by atoms with Gasteiger partial charge in [-0.2, -0.15) is 13.2 Å². The van der Waals surface area contributed by atoms with E-state index < -0.39 is 23.2 Å². The zero-order valence-electron chi connectivity index (χ0n) is 16.1. The molecule has 0 aliphatic carbocycles. The van der Waals surface area contributed by atoms with Gasteiger partial charge in [-0.15, -0.1) is 11.8 Å². The molecule has 156 valence electrons. The Morgan fingerprint density at radius 2 is 2.11 bits per heavy atom. The fourth-order valence-electron chi connectivity index (χ4n) is 3.09. The lowest BCUT2D eigenvalue weighted by Crippen LogP contribution is -2.49. The summed E-state index contributed by atoms with van der Waals surface area (Å²) in [5.74, 6) is -0.321. The number of thioether (sulfide) groups is 1. The highest BCUT2D eigenvalue weighted by atomic mass is 32.2. The molecule has 1 heterocycles. The minimum Gasteiger partial charge on any atom is -0.383 e. The Balaban J connectivity index is 2.32. The van der Waals surface area contributed by atoms with Crippen molar-refractivity contribution in [1.29, 1.82) is 0 Å². The van der Waals surface area contributed by atoms with E-state index in [4.69, 9.17) is 4.74 Å². The molecular weight excluding hydrogens is 393 g/mol. The minimum absolute atomic E-state index is 0.124. The van der Waals surface area contributed by atoms with Crippen LogP contribution < -0.4 is 5.32 Å². The standard InChI is InChI=1S/C19H25F3N2O3S/c1-12(2)9-15(17(26)23-7-8-27-3)24-16(25)11-28-18(24)13-5-4-6-14(10-13)19(20,21)22/h4-6,10,12,15,18H,7-9,11H2,1-3H3,(H,23,26)/t15-,18-/m0/s1. The molecule has 28 heavy (non-hydrogen) atoms. The molecule has 0 unspecified atom stereocenters. The topological polar surface area (TPSA) is 58.6 Å². The first-order valence-corrected chi connectivity index (χ1v) is 10.1. The first-order valence-electron chi connectivity index (χ1n) is 9.01. The maximum absolute atomic E-state index is 13.1. The van der Waals surface area contributed by atoms with Gasteiger partial charge in [0.2, 0.25) is 11.8 Å². The van der Waals surface area contributed by atoms with Crippen molar-refractivity contribution in [3.63, 3.8) is 0 Å². The summed E-state index contributed by atoms with van der Waals surface area (Å²) in [5, 5.41) is 2.11. The molecule has 5 nitrogen and oxygen atoms in total. The highest BCUT2D eigenvalue weighted by molar-refractivity contribution is 8.00. The molecule has 0 bridgehead atoms. The smallest absolute Gasteiger partial charge is 0.383 e. The number of hydrogen-bond donors (Lipinski definition) is 1. The summed E-state index contributed by atoms with van der Waals surface area (Å²) in [6.45, 7) is 4.50. The average molecular weight is 418 g/mol. The zero-order valence-corrected chi connectivity index (χ0v) is 16.9. The van der Waals surface area contributed by atoms with E-state index in [2.05, 4.69) is 5.32 Å². The average Bonchev–Trinajstić information content (AvgIpc) is 3.00. The SMILES string of the molecule is COCCNC(=O)[C@H](CC(C)C)N1C(=O)CS[C@H]1c1cccc(C(F)(F)F)c1. The van der Waals surface area contributed by atoms with E-state index in [1.54, 1.807) is 6.07 Å². The van der Waals surface area contributed by atoms with E-state index in [0.717, 1.165) is 12.1 Å². The number of amides is 2. The molecule has 0 saturated carbocycles. The monoisotopic (exact) mass is 418 g/mol. The van der Waals surface area contributed by atoms with Crippen LogP contribution in [0, 0.1) is 5.92 Å². The van der Waals surface area contributed by atoms with Crippen molar-refractivity contribution in [3.05, 3.63) is 35.4 Å². The Bertz CT molecular complexity index is 697. The molecule has 2 rings (SSSR count). The third kappa shape index (κ3) is 5.64. The lowest BCUT2D eigenvalue weighted by molar-refractivity contribution is -0.139. The summed E-state index contributed by atoms with van der Waals surface area (Å²) in [7, 11) is 1.52. The van der Waals surface area contributed by atoms with Crippen LogP contribution in [-0.2, 0) is 20.5 Å². The van der Waals surface area contributed by atoms with E-state index in [0.29, 0.717) is 25.1 Å². The Kier molecular flexibility index (Phi) is 7.77. The fraction of sp³-hybridized carbons (Fsp3) is 0.579. The van der Waals surface area contributed by atoms with E-state index in [9.17, 15) is 22.8 Å².